The maximum absolute atomic E-state index is 12.6. The zero-order chi connectivity index (χ0) is 33.0. The van der Waals surface area contributed by atoms with E-state index in [2.05, 4.69) is 9.80 Å². The van der Waals surface area contributed by atoms with E-state index in [1.54, 1.807) is 0 Å². The molecule has 2 saturated carbocycles. The fourth-order valence-electron chi connectivity index (χ4n) is 9.98. The Labute approximate surface area is 285 Å². The van der Waals surface area contributed by atoms with Crippen LogP contribution in [0.2, 0.25) is 0 Å². The Morgan fingerprint density at radius 2 is 0.812 bits per heavy atom. The fourth-order valence-corrected chi connectivity index (χ4v) is 9.98. The molecule has 2 aromatic carbocycles. The van der Waals surface area contributed by atoms with Crippen molar-refractivity contribution in [1.82, 2.24) is 19.6 Å². The van der Waals surface area contributed by atoms with Gasteiger partial charge in [-0.3, -0.25) is 19.2 Å². The number of benzene rings is 2. The van der Waals surface area contributed by atoms with Crippen LogP contribution in [0, 0.1) is 11.8 Å². The number of carbonyl (C=O) groups excluding carboxylic acids is 4. The molecule has 0 aromatic heterocycles. The molecule has 4 saturated heterocycles. The Kier molecular flexibility index (Phi) is 10.4. The van der Waals surface area contributed by atoms with E-state index >= 15 is 0 Å². The minimum Gasteiger partial charge on any atom is -0.328 e. The first-order valence-corrected chi connectivity index (χ1v) is 18.7. The molecule has 8 rings (SSSR count). The summed E-state index contributed by atoms with van der Waals surface area (Å²) in [5.41, 5.74) is 2.23. The van der Waals surface area contributed by atoms with Gasteiger partial charge in [0.15, 0.2) is 0 Å². The van der Waals surface area contributed by atoms with Crippen molar-refractivity contribution in [3.05, 3.63) is 71.8 Å². The van der Waals surface area contributed by atoms with Gasteiger partial charge in [-0.25, -0.2) is 0 Å². The Bertz CT molecular complexity index is 1330. The lowest BCUT2D eigenvalue weighted by molar-refractivity contribution is -0.155. The summed E-state index contributed by atoms with van der Waals surface area (Å²) in [7, 11) is 0. The minimum atomic E-state index is -0.262. The molecule has 6 fully saturated rings. The van der Waals surface area contributed by atoms with Crippen molar-refractivity contribution < 1.29 is 19.2 Å². The zero-order valence-corrected chi connectivity index (χ0v) is 28.4. The van der Waals surface area contributed by atoms with Crippen LogP contribution in [0.15, 0.2) is 60.7 Å². The third kappa shape index (κ3) is 7.02. The molecule has 8 nitrogen and oxygen atoms in total. The van der Waals surface area contributed by atoms with Crippen molar-refractivity contribution in [3.8, 4) is 0 Å². The number of nitrogens with zero attached hydrogens (tertiary/aromatic N) is 4. The molecule has 2 aliphatic carbocycles. The fraction of sp³-hybridized carbons (Fsp3) is 0.600. The van der Waals surface area contributed by atoms with Crippen molar-refractivity contribution in [3.63, 3.8) is 0 Å². The standard InChI is InChI=1S/2C20H26N2O2/c2*23-19-13-16-17(21-11-4-5-12-21)9-6-10-18(16)22(20(19)24)14-15-7-2-1-3-8-15/h2*1-3,7-8,16-18H,4-6,9-14H2/t2*16-,17+,18-/m10/s1. The number of piperidine rings is 2. The van der Waals surface area contributed by atoms with Gasteiger partial charge in [-0.05, 0) is 102 Å². The number of fused-ring (bicyclic) bond motifs is 2. The summed E-state index contributed by atoms with van der Waals surface area (Å²) in [6.45, 7) is 5.78. The molecule has 6 aliphatic rings. The van der Waals surface area contributed by atoms with Gasteiger partial charge in [-0.15, -0.1) is 0 Å². The number of carbonyl (C=O) groups is 4. The molecule has 0 radical (unpaired) electrons. The second-order valence-electron chi connectivity index (χ2n) is 15.0. The first-order valence-electron chi connectivity index (χ1n) is 18.7. The highest BCUT2D eigenvalue weighted by atomic mass is 16.2. The summed E-state index contributed by atoms with van der Waals surface area (Å²) in [6, 6.07) is 21.6. The Morgan fingerprint density at radius 1 is 0.458 bits per heavy atom. The number of Topliss-reactive ketones (excluding diaryl/α,β-unsaturated/α-hetero) is 2. The molecule has 4 heterocycles. The number of likely N-dealkylation sites (tertiary alicyclic amines) is 4. The summed E-state index contributed by atoms with van der Waals surface area (Å²) >= 11 is 0. The number of hydrogen-bond acceptors (Lipinski definition) is 6. The molecule has 256 valence electrons. The first-order chi connectivity index (χ1) is 23.5. The van der Waals surface area contributed by atoms with Gasteiger partial charge in [0.25, 0.3) is 11.8 Å². The van der Waals surface area contributed by atoms with E-state index in [0.717, 1.165) is 63.0 Å². The second kappa shape index (κ2) is 15.0. The zero-order valence-electron chi connectivity index (χ0n) is 28.4. The molecule has 0 unspecified atom stereocenters. The van der Waals surface area contributed by atoms with Crippen molar-refractivity contribution in [2.24, 2.45) is 11.8 Å². The van der Waals surface area contributed by atoms with Gasteiger partial charge < -0.3 is 19.6 Å². The van der Waals surface area contributed by atoms with Crippen LogP contribution in [-0.2, 0) is 32.3 Å². The highest BCUT2D eigenvalue weighted by Gasteiger charge is 2.48. The quantitative estimate of drug-likeness (QED) is 0.397. The van der Waals surface area contributed by atoms with Crippen LogP contribution in [-0.4, -0.2) is 93.3 Å². The second-order valence-corrected chi connectivity index (χ2v) is 15.0. The predicted octanol–water partition coefficient (Wildman–Crippen LogP) is 5.24. The molecule has 2 amide bonds. The normalized spacial score (nSPS) is 31.3. The number of ketones is 2. The summed E-state index contributed by atoms with van der Waals surface area (Å²) < 4.78 is 0. The minimum absolute atomic E-state index is 0.182. The topological polar surface area (TPSA) is 81.2 Å². The summed E-state index contributed by atoms with van der Waals surface area (Å²) in [5, 5.41) is 0. The summed E-state index contributed by atoms with van der Waals surface area (Å²) in [4.78, 5) is 58.9. The van der Waals surface area contributed by atoms with Crippen molar-refractivity contribution in [2.75, 3.05) is 26.2 Å². The average Bonchev–Trinajstić information content (AvgIpc) is 3.86. The van der Waals surface area contributed by atoms with Crippen LogP contribution in [0.4, 0.5) is 0 Å². The van der Waals surface area contributed by atoms with Crippen LogP contribution in [0.3, 0.4) is 0 Å². The van der Waals surface area contributed by atoms with Gasteiger partial charge in [0.1, 0.15) is 0 Å². The lowest BCUT2D eigenvalue weighted by atomic mass is 9.73. The molecule has 0 bridgehead atoms. The third-order valence-corrected chi connectivity index (χ3v) is 12.2. The van der Waals surface area contributed by atoms with E-state index in [9.17, 15) is 19.2 Å². The van der Waals surface area contributed by atoms with E-state index in [1.165, 1.54) is 38.5 Å². The van der Waals surface area contributed by atoms with E-state index in [0.29, 0.717) is 49.9 Å². The smallest absolute Gasteiger partial charge is 0.290 e. The van der Waals surface area contributed by atoms with Crippen LogP contribution in [0.1, 0.15) is 88.2 Å². The van der Waals surface area contributed by atoms with Crippen LogP contribution in [0.25, 0.3) is 0 Å². The van der Waals surface area contributed by atoms with Gasteiger partial charge >= 0.3 is 0 Å². The molecule has 4 aliphatic heterocycles. The van der Waals surface area contributed by atoms with E-state index < -0.39 is 0 Å². The summed E-state index contributed by atoms with van der Waals surface area (Å²) in [5.74, 6) is -0.238. The Balaban J connectivity index is 0.000000152. The molecular weight excluding hydrogens is 600 g/mol. The molecule has 2 aromatic rings. The van der Waals surface area contributed by atoms with Crippen LogP contribution in [0.5, 0.6) is 0 Å². The van der Waals surface area contributed by atoms with Gasteiger partial charge in [-0.2, -0.15) is 0 Å². The maximum atomic E-state index is 12.6. The molecule has 8 heteroatoms. The molecule has 6 atom stereocenters. The third-order valence-electron chi connectivity index (χ3n) is 12.2. The lowest BCUT2D eigenvalue weighted by Gasteiger charge is -2.49. The summed E-state index contributed by atoms with van der Waals surface area (Å²) in [6.07, 6.45) is 12.8. The van der Waals surface area contributed by atoms with Crippen LogP contribution < -0.4 is 0 Å². The van der Waals surface area contributed by atoms with Gasteiger partial charge in [0, 0.05) is 61.9 Å². The van der Waals surface area contributed by atoms with Crippen molar-refractivity contribution >= 4 is 23.4 Å². The van der Waals surface area contributed by atoms with Gasteiger partial charge in [0.2, 0.25) is 11.6 Å². The first kappa shape index (κ1) is 33.2. The molecular formula is C40H52N4O4. The van der Waals surface area contributed by atoms with E-state index in [-0.39, 0.29) is 35.5 Å². The highest BCUT2D eigenvalue weighted by molar-refractivity contribution is 6.37. The molecule has 48 heavy (non-hydrogen) atoms. The van der Waals surface area contributed by atoms with Crippen molar-refractivity contribution in [2.45, 2.75) is 114 Å². The SMILES string of the molecule is O=C1C[C@H]2[C@@H](CCC[C@@H]2N2CCCC2)N(Cc2ccccc2)C1=O.O=C1C[C@H]2[C@H](N3CCCC3)CCC[C@@H]2N(Cc2ccccc2)C1=O. The van der Waals surface area contributed by atoms with E-state index in [1.807, 2.05) is 70.5 Å². The van der Waals surface area contributed by atoms with Gasteiger partial charge in [0.05, 0.1) is 0 Å². The van der Waals surface area contributed by atoms with Crippen molar-refractivity contribution in [1.29, 1.82) is 0 Å². The molecule has 0 N–H and O–H groups in total. The number of amides is 2. The predicted molar refractivity (Wildman–Crippen MR) is 185 cm³/mol. The van der Waals surface area contributed by atoms with Gasteiger partial charge in [-0.1, -0.05) is 60.7 Å². The number of hydrogen-bond donors (Lipinski definition) is 0. The monoisotopic (exact) mass is 652 g/mol. The Hall–Kier alpha value is -3.36. The maximum Gasteiger partial charge on any atom is 0.290 e. The number of rotatable bonds is 6. The molecule has 0 spiro atoms. The average molecular weight is 653 g/mol. The highest BCUT2D eigenvalue weighted by Crippen LogP contribution is 2.40. The van der Waals surface area contributed by atoms with Crippen LogP contribution >= 0.6 is 0 Å². The largest absolute Gasteiger partial charge is 0.328 e. The van der Waals surface area contributed by atoms with E-state index in [4.69, 9.17) is 0 Å². The Morgan fingerprint density at radius 3 is 1.19 bits per heavy atom. The lowest BCUT2D eigenvalue weighted by Crippen LogP contribution is -2.59.